The number of halogens is 4. The number of alkyl halides is 3. The Morgan fingerprint density at radius 2 is 1.93 bits per heavy atom. The third kappa shape index (κ3) is 2.52. The number of fused-ring (bicyclic) bond motifs is 3. The molecule has 2 atom stereocenters. The molecule has 2 unspecified atom stereocenters. The van der Waals surface area contributed by atoms with Crippen molar-refractivity contribution in [1.82, 2.24) is 0 Å². The highest BCUT2D eigenvalue weighted by atomic mass is 35.5. The molecule has 0 saturated heterocycles. The zero-order chi connectivity index (χ0) is 19.8. The molecule has 2 aromatic carbocycles. The number of sulfone groups is 1. The van der Waals surface area contributed by atoms with E-state index in [2.05, 4.69) is 0 Å². The maximum Gasteiger partial charge on any atom is 0.416 e. The SMILES string of the molecule is O=C(O)C12CC1S(=O)(=O)c1cc(Oc3ccc(C(F)(F)F)cc3Cl)ccc12. The summed E-state index contributed by atoms with van der Waals surface area (Å²) in [5.74, 6) is -1.26. The molecule has 0 radical (unpaired) electrons. The van der Waals surface area contributed by atoms with E-state index in [4.69, 9.17) is 16.3 Å². The van der Waals surface area contributed by atoms with Crippen molar-refractivity contribution >= 4 is 27.4 Å². The average molecular weight is 419 g/mol. The minimum Gasteiger partial charge on any atom is -0.481 e. The first kappa shape index (κ1) is 18.1. The Balaban J connectivity index is 1.70. The van der Waals surface area contributed by atoms with Gasteiger partial charge in [-0.3, -0.25) is 4.79 Å². The van der Waals surface area contributed by atoms with Gasteiger partial charge in [-0.05, 0) is 42.3 Å². The lowest BCUT2D eigenvalue weighted by molar-refractivity contribution is -0.140. The van der Waals surface area contributed by atoms with Crippen molar-refractivity contribution in [1.29, 1.82) is 0 Å². The first-order valence-corrected chi connectivity index (χ1v) is 9.57. The molecule has 0 aromatic heterocycles. The molecule has 0 bridgehead atoms. The van der Waals surface area contributed by atoms with Gasteiger partial charge in [0.1, 0.15) is 16.9 Å². The van der Waals surface area contributed by atoms with E-state index in [1.165, 1.54) is 18.2 Å². The molecular formula is C17H10ClF3O5S. The minimum atomic E-state index is -4.56. The van der Waals surface area contributed by atoms with Crippen LogP contribution in [0.15, 0.2) is 41.3 Å². The van der Waals surface area contributed by atoms with Gasteiger partial charge < -0.3 is 9.84 Å². The van der Waals surface area contributed by atoms with Crippen LogP contribution < -0.4 is 4.74 Å². The monoisotopic (exact) mass is 418 g/mol. The van der Waals surface area contributed by atoms with Crippen molar-refractivity contribution in [2.24, 2.45) is 0 Å². The Hall–Kier alpha value is -2.26. The molecule has 0 amide bonds. The Labute approximate surface area is 156 Å². The molecule has 4 rings (SSSR count). The lowest BCUT2D eigenvalue weighted by Gasteiger charge is -2.13. The first-order chi connectivity index (χ1) is 12.5. The van der Waals surface area contributed by atoms with E-state index in [0.29, 0.717) is 6.07 Å². The van der Waals surface area contributed by atoms with Crippen LogP contribution in [0.3, 0.4) is 0 Å². The van der Waals surface area contributed by atoms with E-state index in [-0.39, 0.29) is 33.4 Å². The molecule has 5 nitrogen and oxygen atoms in total. The van der Waals surface area contributed by atoms with Gasteiger partial charge in [-0.15, -0.1) is 0 Å². The molecule has 1 saturated carbocycles. The summed E-state index contributed by atoms with van der Waals surface area (Å²) in [7, 11) is -3.81. The zero-order valence-corrected chi connectivity index (χ0v) is 14.8. The average Bonchev–Trinajstić information content (AvgIpc) is 3.29. The van der Waals surface area contributed by atoms with E-state index >= 15 is 0 Å². The number of carbonyl (C=O) groups is 1. The van der Waals surface area contributed by atoms with Gasteiger partial charge in [-0.25, -0.2) is 8.42 Å². The Bertz CT molecular complexity index is 1100. The van der Waals surface area contributed by atoms with Gasteiger partial charge in [-0.1, -0.05) is 17.7 Å². The predicted octanol–water partition coefficient (Wildman–Crippen LogP) is 4.03. The number of aliphatic carboxylic acids is 1. The molecule has 142 valence electrons. The summed E-state index contributed by atoms with van der Waals surface area (Å²) in [4.78, 5) is 11.4. The van der Waals surface area contributed by atoms with Crippen LogP contribution in [-0.4, -0.2) is 24.7 Å². The first-order valence-electron chi connectivity index (χ1n) is 7.64. The zero-order valence-electron chi connectivity index (χ0n) is 13.2. The second kappa shape index (κ2) is 5.39. The summed E-state index contributed by atoms with van der Waals surface area (Å²) >= 11 is 5.83. The summed E-state index contributed by atoms with van der Waals surface area (Å²) < 4.78 is 68.5. The molecule has 1 aliphatic heterocycles. The molecule has 2 aromatic rings. The quantitative estimate of drug-likeness (QED) is 0.813. The van der Waals surface area contributed by atoms with Crippen LogP contribution in [0.5, 0.6) is 11.5 Å². The van der Waals surface area contributed by atoms with E-state index in [9.17, 15) is 31.5 Å². The number of hydrogen-bond donors (Lipinski definition) is 1. The van der Waals surface area contributed by atoms with Crippen molar-refractivity contribution < 1.29 is 36.2 Å². The van der Waals surface area contributed by atoms with E-state index in [1.807, 2.05) is 0 Å². The number of carboxylic acids is 1. The molecular weight excluding hydrogens is 409 g/mol. The highest BCUT2D eigenvalue weighted by molar-refractivity contribution is 7.93. The van der Waals surface area contributed by atoms with Crippen molar-refractivity contribution in [2.75, 3.05) is 0 Å². The smallest absolute Gasteiger partial charge is 0.416 e. The van der Waals surface area contributed by atoms with Crippen molar-refractivity contribution in [3.05, 3.63) is 52.5 Å². The van der Waals surface area contributed by atoms with Crippen LogP contribution >= 0.6 is 11.6 Å². The largest absolute Gasteiger partial charge is 0.481 e. The molecule has 27 heavy (non-hydrogen) atoms. The van der Waals surface area contributed by atoms with Gasteiger partial charge in [0, 0.05) is 0 Å². The molecule has 2 aliphatic rings. The molecule has 1 fully saturated rings. The third-order valence-electron chi connectivity index (χ3n) is 4.88. The number of benzene rings is 2. The number of carboxylic acid groups (broad SMARTS) is 1. The Kier molecular flexibility index (Phi) is 3.61. The highest BCUT2D eigenvalue weighted by Crippen LogP contribution is 2.62. The molecule has 1 aliphatic carbocycles. The third-order valence-corrected chi connectivity index (χ3v) is 7.44. The Morgan fingerprint density at radius 1 is 1.22 bits per heavy atom. The minimum absolute atomic E-state index is 0.0285. The number of hydrogen-bond acceptors (Lipinski definition) is 4. The fourth-order valence-electron chi connectivity index (χ4n) is 3.44. The van der Waals surface area contributed by atoms with Crippen molar-refractivity contribution in [3.8, 4) is 11.5 Å². The maximum atomic E-state index is 12.7. The van der Waals surface area contributed by atoms with Gasteiger partial charge in [0.2, 0.25) is 0 Å². The van der Waals surface area contributed by atoms with Crippen LogP contribution in [0.25, 0.3) is 0 Å². The van der Waals surface area contributed by atoms with Crippen LogP contribution in [0.2, 0.25) is 5.02 Å². The van der Waals surface area contributed by atoms with Crippen LogP contribution in [0.1, 0.15) is 17.5 Å². The highest BCUT2D eigenvalue weighted by Gasteiger charge is 2.73. The summed E-state index contributed by atoms with van der Waals surface area (Å²) in [6.07, 6.45) is -4.53. The van der Waals surface area contributed by atoms with Gasteiger partial charge in [0.05, 0.1) is 20.7 Å². The number of rotatable bonds is 3. The second-order valence-electron chi connectivity index (χ2n) is 6.42. The van der Waals surface area contributed by atoms with E-state index in [0.717, 1.165) is 12.1 Å². The fourth-order valence-corrected chi connectivity index (χ4v) is 6.04. The Morgan fingerprint density at radius 3 is 2.52 bits per heavy atom. The van der Waals surface area contributed by atoms with Crippen LogP contribution in [-0.2, 0) is 26.2 Å². The predicted molar refractivity (Wildman–Crippen MR) is 87.9 cm³/mol. The lowest BCUT2D eigenvalue weighted by Crippen LogP contribution is -2.21. The van der Waals surface area contributed by atoms with Crippen molar-refractivity contribution in [2.45, 2.75) is 28.2 Å². The standard InChI is InChI=1S/C17H10ClF3O5S/c18-11-5-8(17(19,20)21)1-4-12(11)26-9-2-3-10-13(6-9)27(24,25)14-7-16(10,14)15(22)23/h1-6,14H,7H2,(H,22,23). The summed E-state index contributed by atoms with van der Waals surface area (Å²) in [5, 5.41) is 8.13. The van der Waals surface area contributed by atoms with E-state index < -0.39 is 38.2 Å². The molecule has 10 heteroatoms. The van der Waals surface area contributed by atoms with Gasteiger partial charge >= 0.3 is 12.1 Å². The van der Waals surface area contributed by atoms with Crippen LogP contribution in [0.4, 0.5) is 13.2 Å². The molecule has 1 N–H and O–H groups in total. The molecule has 0 spiro atoms. The fraction of sp³-hybridized carbons (Fsp3) is 0.235. The summed E-state index contributed by atoms with van der Waals surface area (Å²) in [6, 6.07) is 6.43. The normalized spacial score (nSPS) is 24.8. The summed E-state index contributed by atoms with van der Waals surface area (Å²) in [5.41, 5.74) is -2.16. The number of ether oxygens (including phenoxy) is 1. The van der Waals surface area contributed by atoms with Gasteiger partial charge in [0.25, 0.3) is 0 Å². The lowest BCUT2D eigenvalue weighted by atomic mass is 9.96. The van der Waals surface area contributed by atoms with Gasteiger partial charge in [-0.2, -0.15) is 13.2 Å². The van der Waals surface area contributed by atoms with Gasteiger partial charge in [0.15, 0.2) is 9.84 Å². The second-order valence-corrected chi connectivity index (χ2v) is 8.92. The maximum absolute atomic E-state index is 12.7. The molecule has 1 heterocycles. The summed E-state index contributed by atoms with van der Waals surface area (Å²) in [6.45, 7) is 0. The topological polar surface area (TPSA) is 80.7 Å². The van der Waals surface area contributed by atoms with Crippen LogP contribution in [0, 0.1) is 0 Å². The van der Waals surface area contributed by atoms with Crippen molar-refractivity contribution in [3.63, 3.8) is 0 Å². The van der Waals surface area contributed by atoms with E-state index in [1.54, 1.807) is 0 Å².